The molecule has 1 amide bonds. The van der Waals surface area contributed by atoms with E-state index in [9.17, 15) is 19.1 Å². The normalized spacial score (nSPS) is 16.3. The molecule has 0 fully saturated rings. The lowest BCUT2D eigenvalue weighted by atomic mass is 9.94. The summed E-state index contributed by atoms with van der Waals surface area (Å²) in [6.07, 6.45) is 3.55. The number of aromatic nitrogens is 1. The van der Waals surface area contributed by atoms with Crippen LogP contribution in [0.4, 0.5) is 4.39 Å². The number of carbonyl (C=O) groups is 2. The number of carbonyl (C=O) groups excluding carboxylic acids is 2. The molecule has 4 aromatic rings. The van der Waals surface area contributed by atoms with E-state index in [4.69, 9.17) is 4.42 Å². The Morgan fingerprint density at radius 2 is 1.88 bits per heavy atom. The van der Waals surface area contributed by atoms with E-state index in [2.05, 4.69) is 4.98 Å². The Morgan fingerprint density at radius 3 is 2.62 bits per heavy atom. The maximum absolute atomic E-state index is 13.3. The van der Waals surface area contributed by atoms with Gasteiger partial charge in [-0.25, -0.2) is 4.39 Å². The first kappa shape index (κ1) is 19.8. The number of fused-ring (bicyclic) bond motifs is 1. The van der Waals surface area contributed by atoms with Gasteiger partial charge < -0.3 is 19.4 Å². The molecule has 3 heterocycles. The van der Waals surface area contributed by atoms with Gasteiger partial charge in [0.15, 0.2) is 11.5 Å². The molecular formula is C25H19FN2O4. The fraction of sp³-hybridized carbons (Fsp3) is 0.120. The average Bonchev–Trinajstić information content (AvgIpc) is 3.53. The van der Waals surface area contributed by atoms with Gasteiger partial charge in [-0.2, -0.15) is 0 Å². The molecule has 1 aliphatic rings. The molecule has 0 spiro atoms. The number of para-hydroxylation sites is 1. The second-order valence-corrected chi connectivity index (χ2v) is 7.64. The van der Waals surface area contributed by atoms with Gasteiger partial charge in [0.05, 0.1) is 17.9 Å². The zero-order valence-corrected chi connectivity index (χ0v) is 16.9. The monoisotopic (exact) mass is 430 g/mol. The Balaban J connectivity index is 1.57. The van der Waals surface area contributed by atoms with Crippen LogP contribution in [0.25, 0.3) is 10.9 Å². The Labute approximate surface area is 182 Å². The molecule has 1 atom stereocenters. The number of rotatable bonds is 6. The van der Waals surface area contributed by atoms with Crippen molar-refractivity contribution in [3.05, 3.63) is 107 Å². The highest BCUT2D eigenvalue weighted by Gasteiger charge is 2.45. The molecule has 0 bridgehead atoms. The molecule has 160 valence electrons. The summed E-state index contributed by atoms with van der Waals surface area (Å²) < 4.78 is 18.5. The number of H-pyrrole nitrogens is 1. The molecule has 2 N–H and O–H groups in total. The van der Waals surface area contributed by atoms with Crippen LogP contribution in [-0.4, -0.2) is 33.2 Å². The van der Waals surface area contributed by atoms with Crippen LogP contribution in [-0.2, 0) is 11.2 Å². The molecule has 2 aromatic carbocycles. The number of hydrogen-bond acceptors (Lipinski definition) is 4. The van der Waals surface area contributed by atoms with Crippen molar-refractivity contribution in [2.75, 3.05) is 6.54 Å². The number of aromatic amines is 1. The predicted octanol–water partition coefficient (Wildman–Crippen LogP) is 4.72. The molecule has 2 aromatic heterocycles. The molecule has 1 unspecified atom stereocenters. The number of hydrogen-bond donors (Lipinski definition) is 2. The third kappa shape index (κ3) is 3.28. The third-order valence-corrected chi connectivity index (χ3v) is 5.76. The maximum Gasteiger partial charge on any atom is 0.290 e. The smallest absolute Gasteiger partial charge is 0.290 e. The number of Topliss-reactive ketones (excluding diaryl/α,β-unsaturated/α-hetero) is 1. The summed E-state index contributed by atoms with van der Waals surface area (Å²) in [5, 5.41) is 11.6. The van der Waals surface area contributed by atoms with Crippen molar-refractivity contribution in [2.24, 2.45) is 0 Å². The number of benzene rings is 2. The quantitative estimate of drug-likeness (QED) is 0.434. The number of furan rings is 1. The minimum absolute atomic E-state index is 0.0196. The lowest BCUT2D eigenvalue weighted by Gasteiger charge is -2.26. The molecule has 7 heteroatoms. The minimum Gasteiger partial charge on any atom is -0.503 e. The van der Waals surface area contributed by atoms with Gasteiger partial charge in [0.25, 0.3) is 5.91 Å². The van der Waals surface area contributed by atoms with Crippen molar-refractivity contribution in [3.63, 3.8) is 0 Å². The highest BCUT2D eigenvalue weighted by molar-refractivity contribution is 6.15. The van der Waals surface area contributed by atoms with Crippen molar-refractivity contribution in [1.82, 2.24) is 9.88 Å². The summed E-state index contributed by atoms with van der Waals surface area (Å²) in [5.74, 6) is -2.05. The van der Waals surface area contributed by atoms with Gasteiger partial charge in [-0.05, 0) is 42.3 Å². The van der Waals surface area contributed by atoms with Gasteiger partial charge in [-0.3, -0.25) is 9.59 Å². The summed E-state index contributed by atoms with van der Waals surface area (Å²) in [5.41, 5.74) is 2.37. The molecule has 0 saturated heterocycles. The van der Waals surface area contributed by atoms with Crippen LogP contribution in [0.2, 0.25) is 0 Å². The molecule has 0 radical (unpaired) electrons. The molecule has 0 saturated carbocycles. The van der Waals surface area contributed by atoms with Crippen LogP contribution < -0.4 is 0 Å². The van der Waals surface area contributed by atoms with E-state index < -0.39 is 23.5 Å². The van der Waals surface area contributed by atoms with Crippen LogP contribution in [0, 0.1) is 5.82 Å². The topological polar surface area (TPSA) is 86.5 Å². The van der Waals surface area contributed by atoms with Crippen molar-refractivity contribution in [2.45, 2.75) is 12.5 Å². The number of aliphatic hydroxyl groups excluding tert-OH is 1. The number of aliphatic hydroxyl groups is 1. The second-order valence-electron chi connectivity index (χ2n) is 7.64. The first-order valence-corrected chi connectivity index (χ1v) is 10.2. The maximum atomic E-state index is 13.3. The van der Waals surface area contributed by atoms with E-state index in [-0.39, 0.29) is 23.7 Å². The highest BCUT2D eigenvalue weighted by atomic mass is 19.1. The lowest BCUT2D eigenvalue weighted by molar-refractivity contribution is -0.129. The number of nitrogens with one attached hydrogen (secondary N) is 1. The highest BCUT2D eigenvalue weighted by Crippen LogP contribution is 2.41. The van der Waals surface area contributed by atoms with Crippen molar-refractivity contribution in [1.29, 1.82) is 0 Å². The summed E-state index contributed by atoms with van der Waals surface area (Å²) >= 11 is 0. The van der Waals surface area contributed by atoms with E-state index in [0.717, 1.165) is 16.5 Å². The lowest BCUT2D eigenvalue weighted by Crippen LogP contribution is -2.33. The zero-order chi connectivity index (χ0) is 22.2. The Morgan fingerprint density at radius 1 is 1.09 bits per heavy atom. The molecule has 32 heavy (non-hydrogen) atoms. The van der Waals surface area contributed by atoms with E-state index in [0.29, 0.717) is 12.0 Å². The van der Waals surface area contributed by atoms with Crippen LogP contribution in [0.3, 0.4) is 0 Å². The Kier molecular flexibility index (Phi) is 4.86. The number of ketones is 1. The molecular weight excluding hydrogens is 411 g/mol. The Hall–Kier alpha value is -4.13. The van der Waals surface area contributed by atoms with Crippen LogP contribution in [0.1, 0.15) is 27.7 Å². The molecule has 0 aliphatic carbocycles. The van der Waals surface area contributed by atoms with Crippen LogP contribution in [0.5, 0.6) is 0 Å². The van der Waals surface area contributed by atoms with E-state index in [1.165, 1.54) is 29.4 Å². The first-order valence-electron chi connectivity index (χ1n) is 10.2. The SMILES string of the molecule is O=C(C1=C(O)C(=O)N(CCc2ccc(F)cc2)C1c1c[nH]c2ccccc12)c1ccco1. The van der Waals surface area contributed by atoms with E-state index in [1.807, 2.05) is 24.3 Å². The fourth-order valence-electron chi connectivity index (χ4n) is 4.20. The number of nitrogens with zero attached hydrogens (tertiary/aromatic N) is 1. The van der Waals surface area contributed by atoms with Crippen LogP contribution in [0.15, 0.2) is 88.9 Å². The zero-order valence-electron chi connectivity index (χ0n) is 16.9. The second kappa shape index (κ2) is 7.85. The van der Waals surface area contributed by atoms with E-state index >= 15 is 0 Å². The number of amides is 1. The fourth-order valence-corrected chi connectivity index (χ4v) is 4.20. The largest absolute Gasteiger partial charge is 0.503 e. The van der Waals surface area contributed by atoms with E-state index in [1.54, 1.807) is 24.4 Å². The minimum atomic E-state index is -0.795. The summed E-state index contributed by atoms with van der Waals surface area (Å²) in [4.78, 5) is 30.9. The predicted molar refractivity (Wildman–Crippen MR) is 116 cm³/mol. The molecule has 5 rings (SSSR count). The first-order chi connectivity index (χ1) is 15.5. The van der Waals surface area contributed by atoms with Crippen molar-refractivity contribution < 1.29 is 23.5 Å². The van der Waals surface area contributed by atoms with Gasteiger partial charge in [0, 0.05) is 29.2 Å². The van der Waals surface area contributed by atoms with Gasteiger partial charge in [0.1, 0.15) is 5.82 Å². The summed E-state index contributed by atoms with van der Waals surface area (Å²) in [6, 6.07) is 15.9. The van der Waals surface area contributed by atoms with Crippen LogP contribution >= 0.6 is 0 Å². The standard InChI is InChI=1S/C25H19FN2O4/c26-16-9-7-15(8-10-16)11-12-28-22(18-14-27-19-5-2-1-4-17(18)19)21(24(30)25(28)31)23(29)20-6-3-13-32-20/h1-10,13-14,22,27,30H,11-12H2. The Bertz CT molecular complexity index is 1340. The van der Waals surface area contributed by atoms with Crippen molar-refractivity contribution in [3.8, 4) is 0 Å². The van der Waals surface area contributed by atoms with Gasteiger partial charge in [0.2, 0.25) is 5.78 Å². The summed E-state index contributed by atoms with van der Waals surface area (Å²) in [6.45, 7) is 0.230. The summed E-state index contributed by atoms with van der Waals surface area (Å²) in [7, 11) is 0. The van der Waals surface area contributed by atoms with Gasteiger partial charge in [-0.15, -0.1) is 0 Å². The third-order valence-electron chi connectivity index (χ3n) is 5.76. The average molecular weight is 430 g/mol. The van der Waals surface area contributed by atoms with Gasteiger partial charge >= 0.3 is 0 Å². The van der Waals surface area contributed by atoms with Gasteiger partial charge in [-0.1, -0.05) is 30.3 Å². The molecule has 1 aliphatic heterocycles. The van der Waals surface area contributed by atoms with Crippen molar-refractivity contribution >= 4 is 22.6 Å². The molecule has 6 nitrogen and oxygen atoms in total. The number of halogens is 1.